The third-order valence-corrected chi connectivity index (χ3v) is 4.61. The van der Waals surface area contributed by atoms with E-state index in [-0.39, 0.29) is 6.03 Å². The number of benzene rings is 2. The number of ether oxygens (including phenoxy) is 1. The molecule has 2 aromatic rings. The Morgan fingerprint density at radius 3 is 2.58 bits per heavy atom. The third-order valence-electron chi connectivity index (χ3n) is 4.61. The fourth-order valence-corrected chi connectivity index (χ4v) is 3.33. The molecule has 1 fully saturated rings. The summed E-state index contributed by atoms with van der Waals surface area (Å²) in [5.41, 5.74) is 4.30. The Balaban J connectivity index is 1.50. The Kier molecular flexibility index (Phi) is 4.09. The van der Waals surface area contributed by atoms with Crippen LogP contribution in [0.25, 0.3) is 0 Å². The van der Waals surface area contributed by atoms with Crippen LogP contribution in [0.4, 0.5) is 21.9 Å². The number of carbonyl (C=O) groups excluding carboxylic acids is 1. The molecule has 0 aliphatic carbocycles. The zero-order chi connectivity index (χ0) is 16.4. The fourth-order valence-electron chi connectivity index (χ4n) is 3.33. The molecular formula is C19H21N3O2. The van der Waals surface area contributed by atoms with Gasteiger partial charge in [0.05, 0.1) is 13.2 Å². The molecule has 5 nitrogen and oxygen atoms in total. The van der Waals surface area contributed by atoms with Crippen molar-refractivity contribution in [3.8, 4) is 0 Å². The Bertz CT molecular complexity index is 727. The van der Waals surface area contributed by atoms with Crippen LogP contribution >= 0.6 is 0 Å². The Hall–Kier alpha value is -2.53. The van der Waals surface area contributed by atoms with Crippen LogP contribution in [0.3, 0.4) is 0 Å². The normalized spacial score (nSPS) is 16.8. The van der Waals surface area contributed by atoms with Crippen molar-refractivity contribution in [2.45, 2.75) is 6.42 Å². The molecular weight excluding hydrogens is 302 g/mol. The number of rotatable bonds is 2. The van der Waals surface area contributed by atoms with Crippen molar-refractivity contribution in [1.82, 2.24) is 0 Å². The largest absolute Gasteiger partial charge is 0.378 e. The molecule has 2 heterocycles. The van der Waals surface area contributed by atoms with Gasteiger partial charge in [-0.25, -0.2) is 4.79 Å². The maximum Gasteiger partial charge on any atom is 0.326 e. The van der Waals surface area contributed by atoms with E-state index in [1.807, 2.05) is 35.2 Å². The molecule has 2 aromatic carbocycles. The molecule has 1 saturated heterocycles. The molecule has 0 atom stereocenters. The number of anilines is 3. The molecule has 0 saturated carbocycles. The lowest BCUT2D eigenvalue weighted by molar-refractivity contribution is 0.122. The minimum absolute atomic E-state index is 0.0703. The lowest BCUT2D eigenvalue weighted by atomic mass is 10.1. The summed E-state index contributed by atoms with van der Waals surface area (Å²) in [6.07, 6.45) is 0.899. The number of urea groups is 1. The van der Waals surface area contributed by atoms with Crippen LogP contribution in [-0.2, 0) is 11.2 Å². The number of morpholine rings is 1. The van der Waals surface area contributed by atoms with E-state index in [1.165, 1.54) is 11.3 Å². The van der Waals surface area contributed by atoms with E-state index in [1.54, 1.807) is 0 Å². The van der Waals surface area contributed by atoms with Gasteiger partial charge in [-0.2, -0.15) is 0 Å². The smallest absolute Gasteiger partial charge is 0.326 e. The van der Waals surface area contributed by atoms with E-state index < -0.39 is 0 Å². The second-order valence-electron chi connectivity index (χ2n) is 6.11. The first-order valence-corrected chi connectivity index (χ1v) is 8.40. The van der Waals surface area contributed by atoms with E-state index in [2.05, 4.69) is 28.4 Å². The highest BCUT2D eigenvalue weighted by Gasteiger charge is 2.25. The summed E-state index contributed by atoms with van der Waals surface area (Å²) in [7, 11) is 0. The van der Waals surface area contributed by atoms with Crippen LogP contribution in [-0.4, -0.2) is 38.9 Å². The van der Waals surface area contributed by atoms with Crippen molar-refractivity contribution in [2.75, 3.05) is 48.0 Å². The lowest BCUT2D eigenvalue weighted by Crippen LogP contribution is -2.36. The van der Waals surface area contributed by atoms with Gasteiger partial charge >= 0.3 is 6.03 Å². The van der Waals surface area contributed by atoms with Crippen LogP contribution in [0.1, 0.15) is 5.56 Å². The first-order chi connectivity index (χ1) is 11.8. The molecule has 124 valence electrons. The Morgan fingerprint density at radius 2 is 1.79 bits per heavy atom. The van der Waals surface area contributed by atoms with Gasteiger partial charge in [0.1, 0.15) is 0 Å². The zero-order valence-corrected chi connectivity index (χ0v) is 13.6. The molecule has 0 unspecified atom stereocenters. The molecule has 0 bridgehead atoms. The van der Waals surface area contributed by atoms with Gasteiger partial charge in [-0.05, 0) is 42.3 Å². The SMILES string of the molecule is O=C(Nc1ccccc1)N1CCc2cc(N3CCOCC3)ccc21. The monoisotopic (exact) mass is 323 g/mol. The van der Waals surface area contributed by atoms with Crippen LogP contribution in [0.5, 0.6) is 0 Å². The Labute approximate surface area is 141 Å². The number of fused-ring (bicyclic) bond motifs is 1. The highest BCUT2D eigenvalue weighted by Crippen LogP contribution is 2.32. The molecule has 2 aliphatic rings. The van der Waals surface area contributed by atoms with Crippen LogP contribution in [0, 0.1) is 0 Å². The van der Waals surface area contributed by atoms with E-state index in [4.69, 9.17) is 4.74 Å². The van der Waals surface area contributed by atoms with Crippen LogP contribution in [0.15, 0.2) is 48.5 Å². The van der Waals surface area contributed by atoms with E-state index in [0.717, 1.165) is 50.6 Å². The van der Waals surface area contributed by atoms with Crippen molar-refractivity contribution < 1.29 is 9.53 Å². The van der Waals surface area contributed by atoms with E-state index in [9.17, 15) is 4.79 Å². The van der Waals surface area contributed by atoms with Gasteiger partial charge in [0.25, 0.3) is 0 Å². The molecule has 24 heavy (non-hydrogen) atoms. The summed E-state index contributed by atoms with van der Waals surface area (Å²) >= 11 is 0. The molecule has 0 aromatic heterocycles. The van der Waals surface area contributed by atoms with Crippen molar-refractivity contribution in [3.05, 3.63) is 54.1 Å². The molecule has 0 spiro atoms. The van der Waals surface area contributed by atoms with Crippen molar-refractivity contribution in [2.24, 2.45) is 0 Å². The highest BCUT2D eigenvalue weighted by atomic mass is 16.5. The van der Waals surface area contributed by atoms with Gasteiger partial charge in [0, 0.05) is 36.7 Å². The van der Waals surface area contributed by atoms with Crippen molar-refractivity contribution in [1.29, 1.82) is 0 Å². The van der Waals surface area contributed by atoms with Gasteiger partial charge in [0.15, 0.2) is 0 Å². The fraction of sp³-hybridized carbons (Fsp3) is 0.316. The standard InChI is InChI=1S/C19H21N3O2/c23-19(20-16-4-2-1-3-5-16)22-9-8-15-14-17(6-7-18(15)22)21-10-12-24-13-11-21/h1-7,14H,8-13H2,(H,20,23). The van der Waals surface area contributed by atoms with Crippen LogP contribution in [0.2, 0.25) is 0 Å². The number of nitrogens with zero attached hydrogens (tertiary/aromatic N) is 2. The minimum atomic E-state index is -0.0703. The van der Waals surface area contributed by atoms with Gasteiger partial charge in [-0.1, -0.05) is 18.2 Å². The summed E-state index contributed by atoms with van der Waals surface area (Å²) in [5, 5.41) is 2.96. The van der Waals surface area contributed by atoms with Gasteiger partial charge < -0.3 is 15.0 Å². The number of carbonyl (C=O) groups is 1. The molecule has 5 heteroatoms. The average Bonchev–Trinajstić information content (AvgIpc) is 3.06. The van der Waals surface area contributed by atoms with Crippen molar-refractivity contribution >= 4 is 23.1 Å². The minimum Gasteiger partial charge on any atom is -0.378 e. The number of amides is 2. The van der Waals surface area contributed by atoms with Crippen molar-refractivity contribution in [3.63, 3.8) is 0 Å². The summed E-state index contributed by atoms with van der Waals surface area (Å²) in [6, 6.07) is 15.9. The molecule has 1 N–H and O–H groups in total. The third kappa shape index (κ3) is 2.95. The predicted molar refractivity (Wildman–Crippen MR) is 96.0 cm³/mol. The molecule has 2 amide bonds. The zero-order valence-electron chi connectivity index (χ0n) is 13.6. The second-order valence-corrected chi connectivity index (χ2v) is 6.11. The topological polar surface area (TPSA) is 44.8 Å². The highest BCUT2D eigenvalue weighted by molar-refractivity contribution is 6.03. The summed E-state index contributed by atoms with van der Waals surface area (Å²) in [5.74, 6) is 0. The molecule has 0 radical (unpaired) electrons. The summed E-state index contributed by atoms with van der Waals surface area (Å²) in [4.78, 5) is 16.7. The quantitative estimate of drug-likeness (QED) is 0.923. The first kappa shape index (κ1) is 15.0. The number of hydrogen-bond acceptors (Lipinski definition) is 3. The van der Waals surface area contributed by atoms with Crippen LogP contribution < -0.4 is 15.1 Å². The van der Waals surface area contributed by atoms with E-state index >= 15 is 0 Å². The number of para-hydroxylation sites is 1. The molecule has 4 rings (SSSR count). The molecule has 2 aliphatic heterocycles. The first-order valence-electron chi connectivity index (χ1n) is 8.40. The van der Waals surface area contributed by atoms with Gasteiger partial charge in [-0.15, -0.1) is 0 Å². The second kappa shape index (κ2) is 6.53. The lowest BCUT2D eigenvalue weighted by Gasteiger charge is -2.29. The van der Waals surface area contributed by atoms with Gasteiger partial charge in [0.2, 0.25) is 0 Å². The summed E-state index contributed by atoms with van der Waals surface area (Å²) < 4.78 is 5.42. The predicted octanol–water partition coefficient (Wildman–Crippen LogP) is 3.12. The summed E-state index contributed by atoms with van der Waals surface area (Å²) in [6.45, 7) is 4.14. The Morgan fingerprint density at radius 1 is 1.00 bits per heavy atom. The maximum atomic E-state index is 12.6. The maximum absolute atomic E-state index is 12.6. The number of hydrogen-bond donors (Lipinski definition) is 1. The number of nitrogens with one attached hydrogen (secondary N) is 1. The average molecular weight is 323 g/mol. The van der Waals surface area contributed by atoms with E-state index in [0.29, 0.717) is 0 Å². The van der Waals surface area contributed by atoms with Gasteiger partial charge in [-0.3, -0.25) is 4.90 Å².